The highest BCUT2D eigenvalue weighted by Crippen LogP contribution is 2.16. The van der Waals surface area contributed by atoms with E-state index in [1.807, 2.05) is 13.8 Å². The molecule has 0 bridgehead atoms. The van der Waals surface area contributed by atoms with Gasteiger partial charge in [0.15, 0.2) is 10.9 Å². The molecule has 2 rings (SSSR count). The lowest BCUT2D eigenvalue weighted by molar-refractivity contribution is 0.0995. The number of carbonyl (C=O) groups is 1. The van der Waals surface area contributed by atoms with Crippen LogP contribution < -0.4 is 5.32 Å². The van der Waals surface area contributed by atoms with Crippen LogP contribution in [-0.4, -0.2) is 10.9 Å². The van der Waals surface area contributed by atoms with Crippen molar-refractivity contribution in [3.8, 4) is 0 Å². The summed E-state index contributed by atoms with van der Waals surface area (Å²) < 4.78 is 5.29. The van der Waals surface area contributed by atoms with Crippen LogP contribution in [0.5, 0.6) is 0 Å². The molecule has 2 aromatic heterocycles. The van der Waals surface area contributed by atoms with E-state index in [2.05, 4.69) is 10.3 Å². The summed E-state index contributed by atoms with van der Waals surface area (Å²) in [6.45, 7) is 3.73. The lowest BCUT2D eigenvalue weighted by Gasteiger charge is -1.96. The Morgan fingerprint density at radius 3 is 2.87 bits per heavy atom. The number of aryl methyl sites for hydroxylation is 2. The monoisotopic (exact) mass is 222 g/mol. The molecule has 0 atom stereocenters. The average molecular weight is 222 g/mol. The number of carbonyl (C=O) groups excluding carboxylic acids is 1. The van der Waals surface area contributed by atoms with E-state index in [9.17, 15) is 4.79 Å². The van der Waals surface area contributed by atoms with Crippen molar-refractivity contribution in [3.63, 3.8) is 0 Å². The fourth-order valence-electron chi connectivity index (χ4n) is 1.13. The van der Waals surface area contributed by atoms with E-state index in [1.54, 1.807) is 17.6 Å². The van der Waals surface area contributed by atoms with Crippen molar-refractivity contribution in [2.24, 2.45) is 0 Å². The zero-order valence-corrected chi connectivity index (χ0v) is 9.22. The summed E-state index contributed by atoms with van der Waals surface area (Å²) in [5.74, 6) is 0.820. The summed E-state index contributed by atoms with van der Waals surface area (Å²) in [7, 11) is 0. The highest BCUT2D eigenvalue weighted by molar-refractivity contribution is 7.13. The number of thiazole rings is 1. The molecule has 0 radical (unpaired) electrons. The molecule has 78 valence electrons. The van der Waals surface area contributed by atoms with Crippen LogP contribution >= 0.6 is 11.3 Å². The van der Waals surface area contributed by atoms with Gasteiger partial charge in [0, 0.05) is 11.6 Å². The normalized spacial score (nSPS) is 10.3. The maximum absolute atomic E-state index is 11.6. The van der Waals surface area contributed by atoms with Crippen LogP contribution in [-0.2, 0) is 0 Å². The molecule has 1 amide bonds. The summed E-state index contributed by atoms with van der Waals surface area (Å²) in [4.78, 5) is 15.6. The second kappa shape index (κ2) is 3.86. The van der Waals surface area contributed by atoms with Crippen molar-refractivity contribution in [1.82, 2.24) is 4.98 Å². The van der Waals surface area contributed by atoms with Gasteiger partial charge in [-0.05, 0) is 25.5 Å². The Morgan fingerprint density at radius 1 is 1.53 bits per heavy atom. The fourth-order valence-corrected chi connectivity index (χ4v) is 1.65. The molecule has 5 heteroatoms. The van der Waals surface area contributed by atoms with Gasteiger partial charge in [0.05, 0.1) is 0 Å². The largest absolute Gasteiger partial charge is 0.456 e. The third-order valence-electron chi connectivity index (χ3n) is 2.04. The van der Waals surface area contributed by atoms with Gasteiger partial charge in [-0.15, -0.1) is 11.3 Å². The van der Waals surface area contributed by atoms with Crippen LogP contribution in [0.3, 0.4) is 0 Å². The second-order valence-corrected chi connectivity index (χ2v) is 4.04. The number of aromatic nitrogens is 1. The zero-order valence-electron chi connectivity index (χ0n) is 8.40. The van der Waals surface area contributed by atoms with Gasteiger partial charge in [-0.3, -0.25) is 10.1 Å². The Labute approximate surface area is 90.9 Å². The molecular weight excluding hydrogens is 212 g/mol. The van der Waals surface area contributed by atoms with Crippen molar-refractivity contribution < 1.29 is 9.21 Å². The third kappa shape index (κ3) is 2.07. The van der Waals surface area contributed by atoms with Crippen molar-refractivity contribution in [1.29, 1.82) is 0 Å². The Morgan fingerprint density at radius 2 is 2.33 bits per heavy atom. The number of nitrogens with zero attached hydrogens (tertiary/aromatic N) is 1. The summed E-state index contributed by atoms with van der Waals surface area (Å²) in [6.07, 6.45) is 1.64. The van der Waals surface area contributed by atoms with Gasteiger partial charge in [0.1, 0.15) is 5.76 Å². The first kappa shape index (κ1) is 9.92. The van der Waals surface area contributed by atoms with Gasteiger partial charge in [-0.25, -0.2) is 4.98 Å². The first-order valence-electron chi connectivity index (χ1n) is 4.44. The van der Waals surface area contributed by atoms with Gasteiger partial charge in [-0.1, -0.05) is 0 Å². The summed E-state index contributed by atoms with van der Waals surface area (Å²) in [6, 6.07) is 1.72. The molecular formula is C10H10N2O2S. The Kier molecular flexibility index (Phi) is 2.55. The van der Waals surface area contributed by atoms with Gasteiger partial charge < -0.3 is 4.42 Å². The topological polar surface area (TPSA) is 55.1 Å². The maximum Gasteiger partial charge on any atom is 0.293 e. The lowest BCUT2D eigenvalue weighted by atomic mass is 10.3. The van der Waals surface area contributed by atoms with Crippen molar-refractivity contribution in [2.75, 3.05) is 5.32 Å². The van der Waals surface area contributed by atoms with Crippen LogP contribution in [0.2, 0.25) is 0 Å². The highest BCUT2D eigenvalue weighted by atomic mass is 32.1. The van der Waals surface area contributed by atoms with Crippen LogP contribution in [0.4, 0.5) is 5.13 Å². The van der Waals surface area contributed by atoms with E-state index in [4.69, 9.17) is 4.42 Å². The van der Waals surface area contributed by atoms with Crippen molar-refractivity contribution in [2.45, 2.75) is 13.8 Å². The van der Waals surface area contributed by atoms with E-state index in [0.717, 1.165) is 11.3 Å². The number of rotatable bonds is 2. The molecule has 2 aromatic rings. The van der Waals surface area contributed by atoms with Crippen molar-refractivity contribution >= 4 is 22.4 Å². The minimum absolute atomic E-state index is 0.263. The van der Waals surface area contributed by atoms with E-state index in [0.29, 0.717) is 10.9 Å². The first-order chi connectivity index (χ1) is 7.16. The molecule has 0 unspecified atom stereocenters. The van der Waals surface area contributed by atoms with E-state index >= 15 is 0 Å². The van der Waals surface area contributed by atoms with Crippen LogP contribution in [0.15, 0.2) is 22.1 Å². The number of anilines is 1. The number of amides is 1. The molecule has 0 fully saturated rings. The van der Waals surface area contributed by atoms with Gasteiger partial charge in [-0.2, -0.15) is 0 Å². The van der Waals surface area contributed by atoms with Crippen LogP contribution in [0, 0.1) is 13.8 Å². The standard InChI is InChI=1S/C10H10N2O2S/c1-6-5-8(14-7(6)2)9(13)12-10-11-3-4-15-10/h3-5H,1-2H3,(H,11,12,13). The first-order valence-corrected chi connectivity index (χ1v) is 5.32. The smallest absolute Gasteiger partial charge is 0.293 e. The molecule has 0 aromatic carbocycles. The van der Waals surface area contributed by atoms with Crippen LogP contribution in [0.25, 0.3) is 0 Å². The summed E-state index contributed by atoms with van der Waals surface area (Å²) in [5, 5.41) is 5.03. The molecule has 0 saturated heterocycles. The van der Waals surface area contributed by atoms with Gasteiger partial charge >= 0.3 is 0 Å². The van der Waals surface area contributed by atoms with Crippen molar-refractivity contribution in [3.05, 3.63) is 34.7 Å². The molecule has 0 aliphatic rings. The molecule has 15 heavy (non-hydrogen) atoms. The fraction of sp³-hybridized carbons (Fsp3) is 0.200. The predicted octanol–water partition coefficient (Wildman–Crippen LogP) is 2.61. The molecule has 4 nitrogen and oxygen atoms in total. The van der Waals surface area contributed by atoms with E-state index in [1.165, 1.54) is 11.3 Å². The molecule has 0 aliphatic carbocycles. The second-order valence-electron chi connectivity index (χ2n) is 3.14. The zero-order chi connectivity index (χ0) is 10.8. The van der Waals surface area contributed by atoms with Gasteiger partial charge in [0.25, 0.3) is 5.91 Å². The molecule has 0 aliphatic heterocycles. The molecule has 2 heterocycles. The Bertz CT molecular complexity index is 454. The van der Waals surface area contributed by atoms with E-state index in [-0.39, 0.29) is 5.91 Å². The minimum Gasteiger partial charge on any atom is -0.456 e. The third-order valence-corrected chi connectivity index (χ3v) is 2.73. The molecule has 0 spiro atoms. The average Bonchev–Trinajstić information content (AvgIpc) is 2.78. The number of nitrogens with one attached hydrogen (secondary N) is 1. The molecule has 0 saturated carbocycles. The minimum atomic E-state index is -0.263. The quantitative estimate of drug-likeness (QED) is 0.849. The number of furan rings is 1. The highest BCUT2D eigenvalue weighted by Gasteiger charge is 2.13. The lowest BCUT2D eigenvalue weighted by Crippen LogP contribution is -2.10. The Balaban J connectivity index is 2.15. The van der Waals surface area contributed by atoms with Crippen LogP contribution in [0.1, 0.15) is 21.9 Å². The summed E-state index contributed by atoms with van der Waals surface area (Å²) >= 11 is 1.37. The summed E-state index contributed by atoms with van der Waals surface area (Å²) in [5.41, 5.74) is 0.972. The van der Waals surface area contributed by atoms with Gasteiger partial charge in [0.2, 0.25) is 0 Å². The maximum atomic E-state index is 11.6. The molecule has 1 N–H and O–H groups in total. The SMILES string of the molecule is Cc1cc(C(=O)Nc2nccs2)oc1C. The Hall–Kier alpha value is -1.62. The number of hydrogen-bond acceptors (Lipinski definition) is 4. The number of hydrogen-bond donors (Lipinski definition) is 1. The van der Waals surface area contributed by atoms with E-state index < -0.39 is 0 Å². The predicted molar refractivity (Wildman–Crippen MR) is 58.2 cm³/mol.